The fourth-order valence-corrected chi connectivity index (χ4v) is 2.16. The van der Waals surface area contributed by atoms with Crippen LogP contribution in [0.15, 0.2) is 42.5 Å². The van der Waals surface area contributed by atoms with E-state index in [4.69, 9.17) is 23.2 Å². The van der Waals surface area contributed by atoms with Gasteiger partial charge in [-0.3, -0.25) is 14.4 Å². The van der Waals surface area contributed by atoms with Crippen molar-refractivity contribution in [1.29, 1.82) is 0 Å². The summed E-state index contributed by atoms with van der Waals surface area (Å²) in [6.45, 7) is 1.39. The number of benzene rings is 2. The third kappa shape index (κ3) is 4.71. The highest BCUT2D eigenvalue weighted by Crippen LogP contribution is 2.29. The van der Waals surface area contributed by atoms with Crippen molar-refractivity contribution in [2.45, 2.75) is 6.92 Å². The van der Waals surface area contributed by atoms with Crippen molar-refractivity contribution < 1.29 is 14.4 Å². The van der Waals surface area contributed by atoms with Gasteiger partial charge in [-0.25, -0.2) is 0 Å². The van der Waals surface area contributed by atoms with Gasteiger partial charge in [-0.2, -0.15) is 0 Å². The van der Waals surface area contributed by atoms with Crippen molar-refractivity contribution >= 4 is 58.0 Å². The van der Waals surface area contributed by atoms with E-state index in [1.54, 1.807) is 36.4 Å². The lowest BCUT2D eigenvalue weighted by molar-refractivity contribution is -0.132. The molecule has 0 atom stereocenters. The Morgan fingerprint density at radius 2 is 1.33 bits per heavy atom. The van der Waals surface area contributed by atoms with Crippen LogP contribution in [0.3, 0.4) is 0 Å². The van der Waals surface area contributed by atoms with Gasteiger partial charge in [-0.05, 0) is 36.4 Å². The molecule has 0 saturated heterocycles. The molecule has 124 valence electrons. The van der Waals surface area contributed by atoms with Crippen molar-refractivity contribution in [1.82, 2.24) is 0 Å². The van der Waals surface area contributed by atoms with E-state index in [0.717, 1.165) is 0 Å². The molecule has 0 unspecified atom stereocenters. The van der Waals surface area contributed by atoms with Gasteiger partial charge in [-0.1, -0.05) is 29.3 Å². The van der Waals surface area contributed by atoms with E-state index in [1.165, 1.54) is 13.0 Å². The normalized spacial score (nSPS) is 9.96. The quantitative estimate of drug-likeness (QED) is 0.727. The molecule has 2 rings (SSSR count). The Morgan fingerprint density at radius 1 is 0.792 bits per heavy atom. The molecule has 3 amide bonds. The van der Waals surface area contributed by atoms with Crippen LogP contribution in [0.5, 0.6) is 0 Å². The minimum atomic E-state index is -0.884. The molecular weight excluding hydrogens is 353 g/mol. The van der Waals surface area contributed by atoms with Gasteiger partial charge < -0.3 is 16.0 Å². The van der Waals surface area contributed by atoms with E-state index in [9.17, 15) is 14.4 Å². The van der Waals surface area contributed by atoms with E-state index in [2.05, 4.69) is 16.0 Å². The topological polar surface area (TPSA) is 87.3 Å². The van der Waals surface area contributed by atoms with Crippen LogP contribution in [-0.4, -0.2) is 17.7 Å². The molecule has 24 heavy (non-hydrogen) atoms. The van der Waals surface area contributed by atoms with Gasteiger partial charge in [0.1, 0.15) is 0 Å². The molecule has 0 aliphatic heterocycles. The predicted molar refractivity (Wildman–Crippen MR) is 94.5 cm³/mol. The highest BCUT2D eigenvalue weighted by molar-refractivity contribution is 6.47. The highest BCUT2D eigenvalue weighted by atomic mass is 35.5. The summed E-state index contributed by atoms with van der Waals surface area (Å²) in [6.07, 6.45) is 0. The largest absolute Gasteiger partial charge is 0.326 e. The SMILES string of the molecule is CC(=O)Nc1ccc(NC(=O)C(=O)Nc2cccc(Cl)c2Cl)cc1. The van der Waals surface area contributed by atoms with Gasteiger partial charge in [0.05, 0.1) is 15.7 Å². The molecule has 0 spiro atoms. The van der Waals surface area contributed by atoms with E-state index in [-0.39, 0.29) is 21.6 Å². The summed E-state index contributed by atoms with van der Waals surface area (Å²) >= 11 is 11.8. The molecule has 6 nitrogen and oxygen atoms in total. The first-order valence-electron chi connectivity index (χ1n) is 6.81. The molecule has 0 bridgehead atoms. The van der Waals surface area contributed by atoms with E-state index < -0.39 is 11.8 Å². The predicted octanol–water partition coefficient (Wildman–Crippen LogP) is 3.53. The Morgan fingerprint density at radius 3 is 1.92 bits per heavy atom. The molecule has 2 aromatic rings. The van der Waals surface area contributed by atoms with Gasteiger partial charge in [0.15, 0.2) is 0 Å². The van der Waals surface area contributed by atoms with Crippen molar-refractivity contribution in [2.75, 3.05) is 16.0 Å². The van der Waals surface area contributed by atoms with Crippen molar-refractivity contribution in [3.8, 4) is 0 Å². The average Bonchev–Trinajstić information content (AvgIpc) is 2.53. The summed E-state index contributed by atoms with van der Waals surface area (Å²) < 4.78 is 0. The molecule has 0 heterocycles. The van der Waals surface area contributed by atoms with E-state index in [0.29, 0.717) is 11.4 Å². The Labute approximate surface area is 148 Å². The second kappa shape index (κ2) is 7.81. The fraction of sp³-hybridized carbons (Fsp3) is 0.0625. The summed E-state index contributed by atoms with van der Waals surface area (Å²) in [4.78, 5) is 34.8. The Kier molecular flexibility index (Phi) is 5.78. The molecular formula is C16H13Cl2N3O3. The molecule has 0 radical (unpaired) electrons. The molecule has 0 aromatic heterocycles. The smallest absolute Gasteiger partial charge is 0.314 e. The minimum absolute atomic E-state index is 0.153. The highest BCUT2D eigenvalue weighted by Gasteiger charge is 2.16. The number of carbonyl (C=O) groups excluding carboxylic acids is 3. The number of amides is 3. The second-order valence-electron chi connectivity index (χ2n) is 4.77. The van der Waals surface area contributed by atoms with Gasteiger partial charge in [0.2, 0.25) is 5.91 Å². The molecule has 8 heteroatoms. The lowest BCUT2D eigenvalue weighted by Crippen LogP contribution is -2.29. The van der Waals surface area contributed by atoms with Crippen molar-refractivity contribution in [2.24, 2.45) is 0 Å². The number of nitrogens with one attached hydrogen (secondary N) is 3. The lowest BCUT2D eigenvalue weighted by Gasteiger charge is -2.09. The first-order valence-corrected chi connectivity index (χ1v) is 7.56. The monoisotopic (exact) mass is 365 g/mol. The fourth-order valence-electron chi connectivity index (χ4n) is 1.81. The summed E-state index contributed by atoms with van der Waals surface area (Å²) in [6, 6.07) is 11.0. The van der Waals surface area contributed by atoms with Crippen molar-refractivity contribution in [3.63, 3.8) is 0 Å². The first-order chi connectivity index (χ1) is 11.4. The van der Waals surface area contributed by atoms with Crippen LogP contribution in [0, 0.1) is 0 Å². The lowest BCUT2D eigenvalue weighted by atomic mass is 10.2. The summed E-state index contributed by atoms with van der Waals surface area (Å²) in [5.41, 5.74) is 1.22. The maximum absolute atomic E-state index is 11.9. The van der Waals surface area contributed by atoms with E-state index >= 15 is 0 Å². The summed E-state index contributed by atoms with van der Waals surface area (Å²) in [5, 5.41) is 7.83. The molecule has 3 N–H and O–H groups in total. The van der Waals surface area contributed by atoms with Crippen LogP contribution in [0.2, 0.25) is 10.0 Å². The third-order valence-corrected chi connectivity index (χ3v) is 3.69. The maximum atomic E-state index is 11.9. The summed E-state index contributed by atoms with van der Waals surface area (Å²) in [5.74, 6) is -1.95. The van der Waals surface area contributed by atoms with Gasteiger partial charge in [0, 0.05) is 18.3 Å². The number of carbonyl (C=O) groups is 3. The molecule has 0 aliphatic carbocycles. The van der Waals surface area contributed by atoms with Crippen LogP contribution in [0.4, 0.5) is 17.1 Å². The zero-order valence-electron chi connectivity index (χ0n) is 12.5. The molecule has 2 aromatic carbocycles. The second-order valence-corrected chi connectivity index (χ2v) is 5.55. The van der Waals surface area contributed by atoms with Crippen LogP contribution in [-0.2, 0) is 14.4 Å². The standard InChI is InChI=1S/C16H13Cl2N3O3/c1-9(22)19-10-5-7-11(8-6-10)20-15(23)16(24)21-13-4-2-3-12(17)14(13)18/h2-8H,1H3,(H,19,22)(H,20,23)(H,21,24). The van der Waals surface area contributed by atoms with Gasteiger partial charge in [-0.15, -0.1) is 0 Å². The van der Waals surface area contributed by atoms with Crippen LogP contribution >= 0.6 is 23.2 Å². The minimum Gasteiger partial charge on any atom is -0.326 e. The van der Waals surface area contributed by atoms with Crippen LogP contribution < -0.4 is 16.0 Å². The number of halogens is 2. The maximum Gasteiger partial charge on any atom is 0.314 e. The van der Waals surface area contributed by atoms with E-state index in [1.807, 2.05) is 0 Å². The average molecular weight is 366 g/mol. The number of hydrogen-bond acceptors (Lipinski definition) is 3. The first kappa shape index (κ1) is 17.8. The molecule has 0 saturated carbocycles. The Hall–Kier alpha value is -2.57. The molecule has 0 aliphatic rings. The Bertz CT molecular complexity index is 792. The number of hydrogen-bond donors (Lipinski definition) is 3. The molecule has 0 fully saturated rings. The van der Waals surface area contributed by atoms with Crippen molar-refractivity contribution in [3.05, 3.63) is 52.5 Å². The van der Waals surface area contributed by atoms with Gasteiger partial charge in [0.25, 0.3) is 0 Å². The number of rotatable bonds is 3. The summed E-state index contributed by atoms with van der Waals surface area (Å²) in [7, 11) is 0. The number of anilines is 3. The van der Waals surface area contributed by atoms with Crippen LogP contribution in [0.25, 0.3) is 0 Å². The zero-order chi connectivity index (χ0) is 17.7. The van der Waals surface area contributed by atoms with Crippen LogP contribution in [0.1, 0.15) is 6.92 Å². The van der Waals surface area contributed by atoms with Gasteiger partial charge >= 0.3 is 11.8 Å². The zero-order valence-corrected chi connectivity index (χ0v) is 14.0. The Balaban J connectivity index is 2.00. The third-order valence-electron chi connectivity index (χ3n) is 2.87.